The maximum Gasteiger partial charge on any atom is 0.0717 e. The Bertz CT molecular complexity index is 291. The normalized spacial score (nSPS) is 10.6. The molecule has 3 heteroatoms. The smallest absolute Gasteiger partial charge is 0.0717 e. The van der Waals surface area contributed by atoms with E-state index in [1.165, 1.54) is 6.42 Å². The van der Waals surface area contributed by atoms with Crippen LogP contribution in [-0.4, -0.2) is 19.7 Å². The number of nitrogens with one attached hydrogen (secondary N) is 1. The van der Waals surface area contributed by atoms with E-state index in [0.29, 0.717) is 6.61 Å². The number of hydrogen-bond donors (Lipinski definition) is 1. The molecule has 0 heterocycles. The van der Waals surface area contributed by atoms with E-state index >= 15 is 0 Å². The highest BCUT2D eigenvalue weighted by atomic mass is 35.5. The van der Waals surface area contributed by atoms with Gasteiger partial charge in [-0.25, -0.2) is 0 Å². The Morgan fingerprint density at radius 2 is 2.19 bits per heavy atom. The van der Waals surface area contributed by atoms with Crippen LogP contribution in [0.1, 0.15) is 25.3 Å². The molecule has 0 saturated carbocycles. The Hall–Kier alpha value is -0.570. The quantitative estimate of drug-likeness (QED) is 0.706. The summed E-state index contributed by atoms with van der Waals surface area (Å²) in [4.78, 5) is 0. The molecule has 0 spiro atoms. The maximum atomic E-state index is 5.88. The van der Waals surface area contributed by atoms with Gasteiger partial charge in [0.1, 0.15) is 0 Å². The van der Waals surface area contributed by atoms with E-state index in [4.69, 9.17) is 16.3 Å². The van der Waals surface area contributed by atoms with Crippen LogP contribution in [0.5, 0.6) is 0 Å². The van der Waals surface area contributed by atoms with Gasteiger partial charge in [-0.05, 0) is 43.6 Å². The van der Waals surface area contributed by atoms with Crippen molar-refractivity contribution in [2.45, 2.75) is 26.4 Å². The molecule has 0 amide bonds. The number of halogens is 1. The molecule has 0 aliphatic heterocycles. The zero-order chi connectivity index (χ0) is 11.6. The number of hydrogen-bond acceptors (Lipinski definition) is 2. The van der Waals surface area contributed by atoms with Crippen LogP contribution < -0.4 is 5.32 Å². The number of rotatable bonds is 8. The second-order valence-electron chi connectivity index (χ2n) is 3.79. The largest absolute Gasteiger partial charge is 0.377 e. The molecule has 90 valence electrons. The molecule has 0 aromatic heterocycles. The highest BCUT2D eigenvalue weighted by molar-refractivity contribution is 6.30. The average molecular weight is 242 g/mol. The van der Waals surface area contributed by atoms with Crippen molar-refractivity contribution in [1.82, 2.24) is 5.32 Å². The second kappa shape index (κ2) is 8.57. The summed E-state index contributed by atoms with van der Waals surface area (Å²) in [5, 5.41) is 4.11. The lowest BCUT2D eigenvalue weighted by Crippen LogP contribution is -2.17. The molecule has 0 unspecified atom stereocenters. The number of benzene rings is 1. The van der Waals surface area contributed by atoms with Gasteiger partial charge in [0.25, 0.3) is 0 Å². The van der Waals surface area contributed by atoms with Crippen LogP contribution in [0, 0.1) is 0 Å². The number of ether oxygens (including phenoxy) is 1. The Kier molecular flexibility index (Phi) is 7.23. The fourth-order valence-electron chi connectivity index (χ4n) is 1.42. The Balaban J connectivity index is 2.03. The first kappa shape index (κ1) is 13.5. The third-order valence-electron chi connectivity index (χ3n) is 2.23. The molecule has 0 aliphatic carbocycles. The summed E-state index contributed by atoms with van der Waals surface area (Å²) in [7, 11) is 0. The van der Waals surface area contributed by atoms with Gasteiger partial charge in [-0.3, -0.25) is 0 Å². The van der Waals surface area contributed by atoms with Gasteiger partial charge >= 0.3 is 0 Å². The van der Waals surface area contributed by atoms with Gasteiger partial charge in [-0.1, -0.05) is 30.7 Å². The first-order valence-electron chi connectivity index (χ1n) is 5.86. The molecule has 0 radical (unpaired) electrons. The summed E-state index contributed by atoms with van der Waals surface area (Å²) in [5.41, 5.74) is 1.13. The van der Waals surface area contributed by atoms with E-state index in [-0.39, 0.29) is 0 Å². The van der Waals surface area contributed by atoms with Crippen LogP contribution in [0.3, 0.4) is 0 Å². The van der Waals surface area contributed by atoms with E-state index in [2.05, 4.69) is 12.2 Å². The average Bonchev–Trinajstić information content (AvgIpc) is 2.28. The lowest BCUT2D eigenvalue weighted by molar-refractivity contribution is 0.118. The van der Waals surface area contributed by atoms with Crippen LogP contribution in [0.2, 0.25) is 5.02 Å². The van der Waals surface area contributed by atoms with Crippen molar-refractivity contribution in [3.8, 4) is 0 Å². The van der Waals surface area contributed by atoms with Gasteiger partial charge in [0.05, 0.1) is 6.61 Å². The minimum Gasteiger partial charge on any atom is -0.377 e. The van der Waals surface area contributed by atoms with Gasteiger partial charge in [-0.15, -0.1) is 0 Å². The van der Waals surface area contributed by atoms with Crippen LogP contribution in [-0.2, 0) is 11.3 Å². The van der Waals surface area contributed by atoms with Gasteiger partial charge in [-0.2, -0.15) is 0 Å². The molecule has 0 fully saturated rings. The van der Waals surface area contributed by atoms with E-state index in [1.54, 1.807) is 0 Å². The molecule has 16 heavy (non-hydrogen) atoms. The molecule has 0 aliphatic rings. The second-order valence-corrected chi connectivity index (χ2v) is 4.22. The fraction of sp³-hybridized carbons (Fsp3) is 0.538. The van der Waals surface area contributed by atoms with E-state index in [0.717, 1.165) is 36.7 Å². The Labute approximate surface area is 103 Å². The van der Waals surface area contributed by atoms with E-state index in [1.807, 2.05) is 24.3 Å². The molecule has 1 aromatic carbocycles. The molecule has 1 N–H and O–H groups in total. The lowest BCUT2D eigenvalue weighted by Gasteiger charge is -2.05. The highest BCUT2D eigenvalue weighted by Crippen LogP contribution is 2.11. The van der Waals surface area contributed by atoms with Gasteiger partial charge < -0.3 is 10.1 Å². The van der Waals surface area contributed by atoms with Gasteiger partial charge in [0.2, 0.25) is 0 Å². The van der Waals surface area contributed by atoms with Crippen molar-refractivity contribution < 1.29 is 4.74 Å². The van der Waals surface area contributed by atoms with Crippen molar-refractivity contribution in [2.75, 3.05) is 19.7 Å². The van der Waals surface area contributed by atoms with Crippen LogP contribution in [0.15, 0.2) is 24.3 Å². The molecule has 2 nitrogen and oxygen atoms in total. The van der Waals surface area contributed by atoms with Crippen molar-refractivity contribution in [1.29, 1.82) is 0 Å². The summed E-state index contributed by atoms with van der Waals surface area (Å²) in [6.45, 7) is 5.73. The van der Waals surface area contributed by atoms with Crippen molar-refractivity contribution in [3.63, 3.8) is 0 Å². The van der Waals surface area contributed by atoms with E-state index < -0.39 is 0 Å². The minimum atomic E-state index is 0.647. The highest BCUT2D eigenvalue weighted by Gasteiger charge is 1.94. The maximum absolute atomic E-state index is 5.88. The first-order valence-corrected chi connectivity index (χ1v) is 6.23. The van der Waals surface area contributed by atoms with Crippen LogP contribution in [0.4, 0.5) is 0 Å². The predicted molar refractivity (Wildman–Crippen MR) is 68.9 cm³/mol. The van der Waals surface area contributed by atoms with Crippen molar-refractivity contribution in [3.05, 3.63) is 34.9 Å². The van der Waals surface area contributed by atoms with Crippen LogP contribution >= 0.6 is 11.6 Å². The van der Waals surface area contributed by atoms with Crippen molar-refractivity contribution in [2.24, 2.45) is 0 Å². The Morgan fingerprint density at radius 3 is 2.94 bits per heavy atom. The molecule has 0 saturated heterocycles. The fourth-order valence-corrected chi connectivity index (χ4v) is 1.63. The first-order chi connectivity index (χ1) is 7.83. The third kappa shape index (κ3) is 6.11. The molecule has 1 rings (SSSR count). The topological polar surface area (TPSA) is 21.3 Å². The molecular formula is C13H20ClNO. The molecule has 0 bridgehead atoms. The monoisotopic (exact) mass is 241 g/mol. The molecule has 1 aromatic rings. The summed E-state index contributed by atoms with van der Waals surface area (Å²) in [6, 6.07) is 7.79. The van der Waals surface area contributed by atoms with Crippen LogP contribution in [0.25, 0.3) is 0 Å². The summed E-state index contributed by atoms with van der Waals surface area (Å²) < 4.78 is 5.56. The van der Waals surface area contributed by atoms with E-state index in [9.17, 15) is 0 Å². The zero-order valence-corrected chi connectivity index (χ0v) is 10.6. The summed E-state index contributed by atoms with van der Waals surface area (Å²) in [6.07, 6.45) is 2.24. The molecular weight excluding hydrogens is 222 g/mol. The lowest BCUT2D eigenvalue weighted by atomic mass is 10.2. The van der Waals surface area contributed by atoms with Crippen molar-refractivity contribution >= 4 is 11.6 Å². The summed E-state index contributed by atoms with van der Waals surface area (Å²) >= 11 is 5.88. The zero-order valence-electron chi connectivity index (χ0n) is 9.84. The SMILES string of the molecule is CCCNCCCOCc1cccc(Cl)c1. The predicted octanol–water partition coefficient (Wildman–Crippen LogP) is 3.25. The third-order valence-corrected chi connectivity index (χ3v) is 2.46. The minimum absolute atomic E-state index is 0.647. The van der Waals surface area contributed by atoms with Gasteiger partial charge in [0, 0.05) is 11.6 Å². The standard InChI is InChI=1S/C13H20ClNO/c1-2-7-15-8-4-9-16-11-12-5-3-6-13(14)10-12/h3,5-6,10,15H,2,4,7-9,11H2,1H3. The Morgan fingerprint density at radius 1 is 1.31 bits per heavy atom. The molecule has 0 atom stereocenters. The summed E-state index contributed by atoms with van der Waals surface area (Å²) in [5.74, 6) is 0. The van der Waals surface area contributed by atoms with Gasteiger partial charge in [0.15, 0.2) is 0 Å².